The lowest BCUT2D eigenvalue weighted by Gasteiger charge is -2.20. The summed E-state index contributed by atoms with van der Waals surface area (Å²) in [5.74, 6) is -1.39. The number of amides is 1. The predicted molar refractivity (Wildman–Crippen MR) is 58.6 cm³/mol. The Bertz CT molecular complexity index is 498. The zero-order chi connectivity index (χ0) is 13.6. The zero-order valence-corrected chi connectivity index (χ0v) is 9.77. The van der Waals surface area contributed by atoms with E-state index in [-0.39, 0.29) is 23.4 Å². The molecule has 0 saturated heterocycles. The van der Waals surface area contributed by atoms with Crippen molar-refractivity contribution in [3.63, 3.8) is 0 Å². The van der Waals surface area contributed by atoms with Crippen LogP contribution in [-0.4, -0.2) is 22.7 Å². The second-order valence-corrected chi connectivity index (χ2v) is 4.63. The van der Waals surface area contributed by atoms with Crippen molar-refractivity contribution in [3.05, 3.63) is 28.8 Å². The Hall–Kier alpha value is -1.43. The van der Waals surface area contributed by atoms with Crippen LogP contribution in [0.25, 0.3) is 0 Å². The molecule has 0 bridgehead atoms. The largest absolute Gasteiger partial charge is 0.507 e. The molecule has 1 aliphatic rings. The van der Waals surface area contributed by atoms with Crippen LogP contribution < -0.4 is 5.32 Å². The molecule has 1 aliphatic carbocycles. The molecule has 3 nitrogen and oxygen atoms in total. The first-order chi connectivity index (χ1) is 8.25. The van der Waals surface area contributed by atoms with Crippen molar-refractivity contribution in [1.82, 2.24) is 5.32 Å². The van der Waals surface area contributed by atoms with Gasteiger partial charge in [-0.3, -0.25) is 4.79 Å². The first-order valence-corrected chi connectivity index (χ1v) is 5.51. The normalized spacial score (nSPS) is 17.3. The highest BCUT2D eigenvalue weighted by Gasteiger charge is 2.64. The Morgan fingerprint density at radius 1 is 1.39 bits per heavy atom. The van der Waals surface area contributed by atoms with Crippen LogP contribution in [0.3, 0.4) is 0 Å². The first-order valence-electron chi connectivity index (χ1n) is 5.13. The highest BCUT2D eigenvalue weighted by atomic mass is 35.5. The number of nitrogens with one attached hydrogen (secondary N) is 1. The molecule has 1 aromatic carbocycles. The molecule has 0 spiro atoms. The van der Waals surface area contributed by atoms with E-state index in [1.165, 1.54) is 6.07 Å². The van der Waals surface area contributed by atoms with Crippen LogP contribution in [0.4, 0.5) is 13.2 Å². The molecule has 7 heteroatoms. The number of alkyl halides is 3. The molecule has 2 rings (SSSR count). The van der Waals surface area contributed by atoms with Gasteiger partial charge in [0.15, 0.2) is 0 Å². The number of benzene rings is 1. The number of rotatable bonds is 2. The summed E-state index contributed by atoms with van der Waals surface area (Å²) >= 11 is 5.62. The number of phenols is 1. The molecule has 0 aromatic heterocycles. The van der Waals surface area contributed by atoms with Crippen LogP contribution in [0.15, 0.2) is 18.2 Å². The molecule has 0 radical (unpaired) electrons. The van der Waals surface area contributed by atoms with Crippen molar-refractivity contribution in [3.8, 4) is 5.75 Å². The van der Waals surface area contributed by atoms with Gasteiger partial charge in [0, 0.05) is 5.02 Å². The number of carbonyl (C=O) groups is 1. The molecule has 1 amide bonds. The fourth-order valence-electron chi connectivity index (χ4n) is 1.58. The lowest BCUT2D eigenvalue weighted by molar-refractivity contribution is -0.163. The second kappa shape index (κ2) is 4.05. The van der Waals surface area contributed by atoms with Gasteiger partial charge in [-0.25, -0.2) is 0 Å². The number of carbonyl (C=O) groups excluding carboxylic acids is 1. The lowest BCUT2D eigenvalue weighted by Crippen LogP contribution is -2.47. The van der Waals surface area contributed by atoms with Gasteiger partial charge < -0.3 is 10.4 Å². The van der Waals surface area contributed by atoms with Crippen molar-refractivity contribution in [1.29, 1.82) is 0 Å². The Balaban J connectivity index is 2.21. The Kier molecular flexibility index (Phi) is 2.93. The molecule has 0 heterocycles. The summed E-state index contributed by atoms with van der Waals surface area (Å²) in [5.41, 5.74) is -2.42. The lowest BCUT2D eigenvalue weighted by atomic mass is 10.1. The number of hydrogen-bond donors (Lipinski definition) is 2. The van der Waals surface area contributed by atoms with Gasteiger partial charge in [0.2, 0.25) is 0 Å². The standard InChI is InChI=1S/C11H9ClF3NO2/c12-6-1-2-8(17)7(5-6)9(18)16-10(3-4-10)11(13,14)15/h1-2,5,17H,3-4H2,(H,16,18). The van der Waals surface area contributed by atoms with E-state index in [2.05, 4.69) is 0 Å². The maximum absolute atomic E-state index is 12.6. The average Bonchev–Trinajstić information content (AvgIpc) is 3.01. The summed E-state index contributed by atoms with van der Waals surface area (Å²) in [4.78, 5) is 11.7. The van der Waals surface area contributed by atoms with Gasteiger partial charge in [-0.1, -0.05) is 11.6 Å². The smallest absolute Gasteiger partial charge is 0.411 e. The van der Waals surface area contributed by atoms with Gasteiger partial charge >= 0.3 is 6.18 Å². The molecule has 18 heavy (non-hydrogen) atoms. The summed E-state index contributed by atoms with van der Waals surface area (Å²) in [6.45, 7) is 0. The van der Waals surface area contributed by atoms with E-state index in [1.54, 1.807) is 0 Å². The van der Waals surface area contributed by atoms with Crippen LogP contribution in [0.5, 0.6) is 5.75 Å². The Morgan fingerprint density at radius 3 is 2.50 bits per heavy atom. The summed E-state index contributed by atoms with van der Waals surface area (Å²) in [6, 6.07) is 3.62. The average molecular weight is 280 g/mol. The summed E-state index contributed by atoms with van der Waals surface area (Å²) < 4.78 is 37.9. The van der Waals surface area contributed by atoms with E-state index in [9.17, 15) is 23.1 Å². The van der Waals surface area contributed by atoms with Gasteiger partial charge in [0.1, 0.15) is 11.3 Å². The minimum Gasteiger partial charge on any atom is -0.507 e. The highest BCUT2D eigenvalue weighted by molar-refractivity contribution is 6.31. The van der Waals surface area contributed by atoms with Gasteiger partial charge in [-0.05, 0) is 31.0 Å². The van der Waals surface area contributed by atoms with E-state index >= 15 is 0 Å². The van der Waals surface area contributed by atoms with E-state index in [1.807, 2.05) is 5.32 Å². The third-order valence-electron chi connectivity index (χ3n) is 2.85. The monoisotopic (exact) mass is 279 g/mol. The van der Waals surface area contributed by atoms with Crippen LogP contribution in [0.1, 0.15) is 23.2 Å². The number of halogens is 4. The molecule has 0 atom stereocenters. The SMILES string of the molecule is O=C(NC1(C(F)(F)F)CC1)c1cc(Cl)ccc1O. The minimum atomic E-state index is -4.49. The van der Waals surface area contributed by atoms with Crippen molar-refractivity contribution in [2.24, 2.45) is 0 Å². The van der Waals surface area contributed by atoms with Crippen LogP contribution >= 0.6 is 11.6 Å². The van der Waals surface area contributed by atoms with Gasteiger partial charge in [0.25, 0.3) is 5.91 Å². The maximum Gasteiger partial charge on any atom is 0.411 e. The molecular weight excluding hydrogens is 271 g/mol. The van der Waals surface area contributed by atoms with E-state index in [0.29, 0.717) is 0 Å². The summed E-state index contributed by atoms with van der Waals surface area (Å²) in [6.07, 6.45) is -4.79. The number of phenolic OH excluding ortho intramolecular Hbond substituents is 1. The van der Waals surface area contributed by atoms with E-state index in [4.69, 9.17) is 11.6 Å². The molecule has 98 valence electrons. The van der Waals surface area contributed by atoms with Gasteiger partial charge in [-0.15, -0.1) is 0 Å². The van der Waals surface area contributed by atoms with Crippen LogP contribution in [0, 0.1) is 0 Å². The third kappa shape index (κ3) is 2.25. The third-order valence-corrected chi connectivity index (χ3v) is 3.08. The van der Waals surface area contributed by atoms with Crippen molar-refractivity contribution in [2.75, 3.05) is 0 Å². The van der Waals surface area contributed by atoms with Crippen LogP contribution in [-0.2, 0) is 0 Å². The Morgan fingerprint density at radius 2 is 2.00 bits per heavy atom. The minimum absolute atomic E-state index is 0.149. The maximum atomic E-state index is 12.6. The molecule has 1 fully saturated rings. The fraction of sp³-hybridized carbons (Fsp3) is 0.364. The molecule has 0 aliphatic heterocycles. The second-order valence-electron chi connectivity index (χ2n) is 4.20. The van der Waals surface area contributed by atoms with Gasteiger partial charge in [-0.2, -0.15) is 13.2 Å². The van der Waals surface area contributed by atoms with Gasteiger partial charge in [0.05, 0.1) is 5.56 Å². The molecule has 1 aromatic rings. The summed E-state index contributed by atoms with van der Waals surface area (Å²) in [5, 5.41) is 11.5. The molecular formula is C11H9ClF3NO2. The van der Waals surface area contributed by atoms with Crippen LogP contribution in [0.2, 0.25) is 5.02 Å². The predicted octanol–water partition coefficient (Wildman–Crippen LogP) is 2.87. The zero-order valence-electron chi connectivity index (χ0n) is 9.01. The van der Waals surface area contributed by atoms with E-state index in [0.717, 1.165) is 12.1 Å². The highest BCUT2D eigenvalue weighted by Crippen LogP contribution is 2.49. The van der Waals surface area contributed by atoms with Crippen molar-refractivity contribution in [2.45, 2.75) is 24.6 Å². The first kappa shape index (κ1) is 13.0. The summed E-state index contributed by atoms with van der Waals surface area (Å²) in [7, 11) is 0. The number of hydrogen-bond acceptors (Lipinski definition) is 2. The van der Waals surface area contributed by atoms with Crippen molar-refractivity contribution < 1.29 is 23.1 Å². The quantitative estimate of drug-likeness (QED) is 0.874. The number of aromatic hydroxyl groups is 1. The Labute approximate surface area is 106 Å². The van der Waals surface area contributed by atoms with Crippen molar-refractivity contribution >= 4 is 17.5 Å². The fourth-order valence-corrected chi connectivity index (χ4v) is 1.75. The topological polar surface area (TPSA) is 49.3 Å². The molecule has 2 N–H and O–H groups in total. The van der Waals surface area contributed by atoms with E-state index < -0.39 is 23.4 Å². The molecule has 0 unspecified atom stereocenters. The molecule has 1 saturated carbocycles.